The smallest absolute Gasteiger partial charge is 0.251 e. The van der Waals surface area contributed by atoms with Gasteiger partial charge in [0.15, 0.2) is 0 Å². The number of β-amino-alcohol motifs (C(OH)–C–C–N with tert-alkyl or cyclic N) is 1. The summed E-state index contributed by atoms with van der Waals surface area (Å²) in [6.45, 7) is 23.3. The number of nitrogens with one attached hydrogen (secondary N) is 4. The second-order valence-electron chi connectivity index (χ2n) is 21.7. The summed E-state index contributed by atoms with van der Waals surface area (Å²) < 4.78 is 17.6. The Labute approximate surface area is 454 Å². The molecule has 0 radical (unpaired) electrons. The van der Waals surface area contributed by atoms with Crippen LogP contribution in [0.4, 0.5) is 5.69 Å². The van der Waals surface area contributed by atoms with Crippen LogP contribution >= 0.6 is 11.3 Å². The Morgan fingerprint density at radius 3 is 2.29 bits per heavy atom. The summed E-state index contributed by atoms with van der Waals surface area (Å²) in [5.41, 5.74) is 12.2. The lowest BCUT2D eigenvalue weighted by molar-refractivity contribution is -0.144. The summed E-state index contributed by atoms with van der Waals surface area (Å²) in [5.74, 6) is -0.566. The summed E-state index contributed by atoms with van der Waals surface area (Å²) in [6, 6.07) is 18.5. The maximum absolute atomic E-state index is 14.1. The highest BCUT2D eigenvalue weighted by molar-refractivity contribution is 7.13. The lowest BCUT2D eigenvalue weighted by Crippen LogP contribution is -2.58. The molecule has 2 saturated heterocycles. The van der Waals surface area contributed by atoms with E-state index in [-0.39, 0.29) is 43.5 Å². The minimum atomic E-state index is -0.953. The van der Waals surface area contributed by atoms with E-state index in [1.165, 1.54) is 16.0 Å². The molecule has 2 fully saturated rings. The maximum Gasteiger partial charge on any atom is 0.251 e. The molecule has 7 rings (SSSR count). The highest BCUT2D eigenvalue weighted by atomic mass is 32.1. The van der Waals surface area contributed by atoms with E-state index < -0.39 is 35.4 Å². The van der Waals surface area contributed by atoms with Gasteiger partial charge in [0, 0.05) is 74.9 Å². The first kappa shape index (κ1) is 57.6. The highest BCUT2D eigenvalue weighted by Gasteiger charge is 2.45. The van der Waals surface area contributed by atoms with Crippen molar-refractivity contribution in [2.45, 2.75) is 144 Å². The van der Waals surface area contributed by atoms with Crippen LogP contribution in [-0.4, -0.2) is 122 Å². The number of amides is 4. The number of unbranched alkanes of at least 4 members (excludes halogenated alkanes) is 2. The average Bonchev–Trinajstić information content (AvgIpc) is 4.02. The summed E-state index contributed by atoms with van der Waals surface area (Å²) in [6.07, 6.45) is 5.55. The number of likely N-dealkylation sites (tertiary alicyclic amines) is 1. The molecule has 410 valence electrons. The van der Waals surface area contributed by atoms with Crippen molar-refractivity contribution in [3.63, 3.8) is 0 Å². The molecule has 5 atom stereocenters. The zero-order valence-corrected chi connectivity index (χ0v) is 47.2. The van der Waals surface area contributed by atoms with E-state index in [0.717, 1.165) is 101 Å². The van der Waals surface area contributed by atoms with Gasteiger partial charge in [-0.15, -0.1) is 11.3 Å². The topological polar surface area (TPSA) is 184 Å². The van der Waals surface area contributed by atoms with Crippen LogP contribution in [-0.2, 0) is 23.9 Å². The zero-order chi connectivity index (χ0) is 54.7. The quantitative estimate of drug-likeness (QED) is 0.0474. The van der Waals surface area contributed by atoms with Gasteiger partial charge in [-0.2, -0.15) is 0 Å². The van der Waals surface area contributed by atoms with Gasteiger partial charge in [-0.05, 0) is 155 Å². The molecule has 4 aromatic rings. The van der Waals surface area contributed by atoms with Crippen LogP contribution in [0.3, 0.4) is 0 Å². The van der Waals surface area contributed by atoms with E-state index in [0.29, 0.717) is 37.8 Å². The lowest BCUT2D eigenvalue weighted by atomic mass is 9.85. The van der Waals surface area contributed by atoms with Gasteiger partial charge in [0.25, 0.3) is 5.91 Å². The molecular formula is C60H81N7O8S. The number of carbonyl (C=O) groups is 4. The minimum Gasteiger partial charge on any atom is -0.494 e. The number of hydrogen-bond donors (Lipinski definition) is 5. The Kier molecular flexibility index (Phi) is 20.0. The van der Waals surface area contributed by atoms with Gasteiger partial charge in [-0.1, -0.05) is 57.2 Å². The summed E-state index contributed by atoms with van der Waals surface area (Å²) in [7, 11) is 0. The first-order valence-electron chi connectivity index (χ1n) is 27.1. The number of dihydropyridines is 1. The molecule has 15 nitrogen and oxygen atoms in total. The van der Waals surface area contributed by atoms with Crippen molar-refractivity contribution in [2.24, 2.45) is 5.41 Å². The molecule has 0 saturated carbocycles. The van der Waals surface area contributed by atoms with Crippen molar-refractivity contribution in [1.82, 2.24) is 31.2 Å². The second-order valence-corrected chi connectivity index (χ2v) is 22.6. The number of rotatable bonds is 22. The lowest BCUT2D eigenvalue weighted by Gasteiger charge is -2.37. The van der Waals surface area contributed by atoms with E-state index in [2.05, 4.69) is 77.9 Å². The Hall–Kier alpha value is -6.07. The van der Waals surface area contributed by atoms with Crippen LogP contribution in [0.5, 0.6) is 5.75 Å². The maximum atomic E-state index is 14.1. The number of aliphatic hydroxyl groups is 1. The normalized spacial score (nSPS) is 18.9. The summed E-state index contributed by atoms with van der Waals surface area (Å²) >= 11 is 1.58. The Morgan fingerprint density at radius 2 is 1.63 bits per heavy atom. The largest absolute Gasteiger partial charge is 0.494 e. The molecule has 4 heterocycles. The molecule has 0 spiro atoms. The standard InChI is InChI=1S/C60H81N7O8S/c1-11-66(47-23-27-73-28-24-47)52-31-46(30-50(39(52)4)57(70)61-33-51-37(2)29-38(3)63-41(51)6)44-19-21-49(22-20-44)75-26-14-12-13-25-74-35-54(69)65-56(60(8,9)10)59(72)67-34-48(68)32-53(67)58(71)64-40(5)43-15-17-45(18-16-43)55-42(7)62-36-76-55/h15-22,29-31,36,40-41,47-48,53,56,63,68H,11-14,23-28,32-35H2,1-10H3,(H,61,70)(H,64,71)(H,65,69)/t40-,41?,48+,53-,56+/m0/s1. The van der Waals surface area contributed by atoms with Gasteiger partial charge < -0.3 is 50.4 Å². The Bertz CT molecular complexity index is 2710. The van der Waals surface area contributed by atoms with Gasteiger partial charge in [0.1, 0.15) is 24.4 Å². The number of allylic oxidation sites excluding steroid dienone is 3. The first-order chi connectivity index (χ1) is 36.3. The number of anilines is 1. The number of benzene rings is 3. The van der Waals surface area contributed by atoms with Crippen molar-refractivity contribution >= 4 is 40.7 Å². The number of ether oxygens (including phenoxy) is 3. The number of thiazole rings is 1. The van der Waals surface area contributed by atoms with Crippen LogP contribution in [0.15, 0.2) is 89.1 Å². The van der Waals surface area contributed by atoms with Gasteiger partial charge in [-0.3, -0.25) is 19.2 Å². The number of aryl methyl sites for hydroxylation is 1. The Balaban J connectivity index is 0.871. The highest BCUT2D eigenvalue weighted by Crippen LogP contribution is 2.35. The molecule has 0 bridgehead atoms. The van der Waals surface area contributed by atoms with Crippen LogP contribution < -0.4 is 30.9 Å². The fourth-order valence-corrected chi connectivity index (χ4v) is 11.4. The van der Waals surface area contributed by atoms with Gasteiger partial charge in [0.05, 0.1) is 34.8 Å². The molecular weight excluding hydrogens is 979 g/mol. The number of aromatic nitrogens is 1. The van der Waals surface area contributed by atoms with E-state index >= 15 is 0 Å². The van der Waals surface area contributed by atoms with E-state index in [1.807, 2.05) is 94.7 Å². The van der Waals surface area contributed by atoms with Crippen LogP contribution in [0, 0.1) is 19.3 Å². The third-order valence-corrected chi connectivity index (χ3v) is 15.9. The third-order valence-electron chi connectivity index (χ3n) is 14.9. The van der Waals surface area contributed by atoms with Crippen LogP contribution in [0.1, 0.15) is 127 Å². The SMILES string of the molecule is CCN(c1cc(-c2ccc(OCCCCCOCC(=O)N[C@H](C(=O)N3C[C@H](O)C[C@H]3C(=O)N[C@@H](C)c3ccc(-c4scnc4C)cc3)C(C)(C)C)cc2)cc(C(=O)NCC2=C(C)C=C(C)NC2C)c1C)C1CCOCC1. The van der Waals surface area contributed by atoms with Gasteiger partial charge in [0.2, 0.25) is 17.7 Å². The minimum absolute atomic E-state index is 0.0106. The molecule has 0 aliphatic carbocycles. The molecule has 1 unspecified atom stereocenters. The zero-order valence-electron chi connectivity index (χ0n) is 46.3. The fourth-order valence-electron chi connectivity index (χ4n) is 10.6. The number of hydrogen-bond acceptors (Lipinski definition) is 12. The molecule has 5 N–H and O–H groups in total. The predicted octanol–water partition coefficient (Wildman–Crippen LogP) is 8.98. The molecule has 76 heavy (non-hydrogen) atoms. The van der Waals surface area contributed by atoms with Crippen LogP contribution in [0.2, 0.25) is 0 Å². The third kappa shape index (κ3) is 14.7. The van der Waals surface area contributed by atoms with Crippen molar-refractivity contribution in [3.8, 4) is 27.3 Å². The number of nitrogens with zero attached hydrogens (tertiary/aromatic N) is 3. The average molecular weight is 1060 g/mol. The molecule has 3 aromatic carbocycles. The van der Waals surface area contributed by atoms with Gasteiger partial charge in [-0.25, -0.2) is 4.98 Å². The van der Waals surface area contributed by atoms with Crippen molar-refractivity contribution < 1.29 is 38.5 Å². The Morgan fingerprint density at radius 1 is 0.934 bits per heavy atom. The fraction of sp³-hybridized carbons (Fsp3) is 0.517. The number of aliphatic hydroxyl groups excluding tert-OH is 1. The van der Waals surface area contributed by atoms with Crippen molar-refractivity contribution in [2.75, 3.05) is 57.6 Å². The van der Waals surface area contributed by atoms with Crippen molar-refractivity contribution in [3.05, 3.63) is 111 Å². The summed E-state index contributed by atoms with van der Waals surface area (Å²) in [5, 5.41) is 23.3. The van der Waals surface area contributed by atoms with E-state index in [9.17, 15) is 24.3 Å². The monoisotopic (exact) mass is 1060 g/mol. The molecule has 1 aromatic heterocycles. The van der Waals surface area contributed by atoms with Gasteiger partial charge >= 0.3 is 0 Å². The second kappa shape index (κ2) is 26.3. The molecule has 4 amide bonds. The predicted molar refractivity (Wildman–Crippen MR) is 301 cm³/mol. The first-order valence-corrected chi connectivity index (χ1v) is 28.0. The van der Waals surface area contributed by atoms with Crippen molar-refractivity contribution in [1.29, 1.82) is 0 Å². The number of carbonyl (C=O) groups excluding carboxylic acids is 4. The van der Waals surface area contributed by atoms with Crippen LogP contribution in [0.25, 0.3) is 21.6 Å². The summed E-state index contributed by atoms with van der Waals surface area (Å²) in [4.78, 5) is 64.5. The van der Waals surface area contributed by atoms with E-state index in [1.54, 1.807) is 11.3 Å². The molecule has 3 aliphatic rings. The van der Waals surface area contributed by atoms with E-state index in [4.69, 9.17) is 14.2 Å². The molecule has 3 aliphatic heterocycles. The molecule has 16 heteroatoms.